The van der Waals surface area contributed by atoms with Crippen molar-refractivity contribution < 1.29 is 18.8 Å². The summed E-state index contributed by atoms with van der Waals surface area (Å²) in [5.74, 6) is -0.987. The number of carbonyl (C=O) groups is 3. The summed E-state index contributed by atoms with van der Waals surface area (Å²) in [5, 5.41) is 3.30. The van der Waals surface area contributed by atoms with Crippen LogP contribution in [0.4, 0.5) is 14.9 Å². The van der Waals surface area contributed by atoms with E-state index in [4.69, 9.17) is 0 Å². The number of hydrogen-bond acceptors (Lipinski definition) is 4. The molecule has 0 atom stereocenters. The van der Waals surface area contributed by atoms with Gasteiger partial charge in [0, 0.05) is 28.4 Å². The number of rotatable bonds is 6. The zero-order valence-electron chi connectivity index (χ0n) is 18.5. The standard InChI is InChI=1S/C27H20FN3O3S/c28-20-10-12-21(13-11-20)29-25(32)17-30-16-19(22-8-4-5-9-23(22)30)14-24-26(33)31(27(34)35-24)15-18-6-2-1-3-7-18/h1-14,16H,15,17H2,(H,29,32)/b24-14-. The number of nitrogens with one attached hydrogen (secondary N) is 1. The molecule has 6 nitrogen and oxygen atoms in total. The van der Waals surface area contributed by atoms with Gasteiger partial charge in [-0.25, -0.2) is 4.39 Å². The van der Waals surface area contributed by atoms with Crippen LogP contribution in [0.15, 0.2) is 90.0 Å². The van der Waals surface area contributed by atoms with Crippen molar-refractivity contribution >= 4 is 51.5 Å². The van der Waals surface area contributed by atoms with Gasteiger partial charge in [-0.3, -0.25) is 19.3 Å². The third-order valence-electron chi connectivity index (χ3n) is 5.61. The second-order valence-electron chi connectivity index (χ2n) is 8.04. The maximum atomic E-state index is 13.1. The van der Waals surface area contributed by atoms with Gasteiger partial charge in [0.2, 0.25) is 5.91 Å². The van der Waals surface area contributed by atoms with Gasteiger partial charge in [0.15, 0.2) is 0 Å². The molecule has 0 spiro atoms. The van der Waals surface area contributed by atoms with Crippen LogP contribution < -0.4 is 5.32 Å². The van der Waals surface area contributed by atoms with E-state index in [-0.39, 0.29) is 36.0 Å². The number of aromatic nitrogens is 1. The highest BCUT2D eigenvalue weighted by atomic mass is 32.2. The first-order valence-corrected chi connectivity index (χ1v) is 11.7. The zero-order valence-corrected chi connectivity index (χ0v) is 19.3. The summed E-state index contributed by atoms with van der Waals surface area (Å²) >= 11 is 0.910. The Labute approximate surface area is 205 Å². The molecule has 3 amide bonds. The fraction of sp³-hybridized carbons (Fsp3) is 0.0741. The number of para-hydroxylation sites is 1. The summed E-state index contributed by atoms with van der Waals surface area (Å²) in [5.41, 5.74) is 2.93. The van der Waals surface area contributed by atoms with Gasteiger partial charge in [0.25, 0.3) is 11.1 Å². The molecule has 4 aromatic rings. The fourth-order valence-corrected chi connectivity index (χ4v) is 4.78. The van der Waals surface area contributed by atoms with Crippen molar-refractivity contribution in [1.82, 2.24) is 9.47 Å². The van der Waals surface area contributed by atoms with E-state index in [1.807, 2.05) is 54.6 Å². The number of carbonyl (C=O) groups excluding carboxylic acids is 3. The third-order valence-corrected chi connectivity index (χ3v) is 6.51. The van der Waals surface area contributed by atoms with Crippen molar-refractivity contribution in [2.24, 2.45) is 0 Å². The highest BCUT2D eigenvalue weighted by molar-refractivity contribution is 8.18. The molecule has 0 bridgehead atoms. The summed E-state index contributed by atoms with van der Waals surface area (Å²) in [6.45, 7) is 0.245. The van der Waals surface area contributed by atoms with Crippen LogP contribution in [-0.2, 0) is 22.7 Å². The Morgan fingerprint density at radius 2 is 1.66 bits per heavy atom. The number of nitrogens with zero attached hydrogens (tertiary/aromatic N) is 2. The van der Waals surface area contributed by atoms with Crippen LogP contribution in [0, 0.1) is 5.82 Å². The highest BCUT2D eigenvalue weighted by Gasteiger charge is 2.35. The van der Waals surface area contributed by atoms with Crippen LogP contribution in [0.2, 0.25) is 0 Å². The van der Waals surface area contributed by atoms with Crippen molar-refractivity contribution in [1.29, 1.82) is 0 Å². The van der Waals surface area contributed by atoms with Crippen LogP contribution in [0.25, 0.3) is 17.0 Å². The molecule has 1 aromatic heterocycles. The second-order valence-corrected chi connectivity index (χ2v) is 9.03. The van der Waals surface area contributed by atoms with Gasteiger partial charge in [0.1, 0.15) is 12.4 Å². The topological polar surface area (TPSA) is 71.4 Å². The van der Waals surface area contributed by atoms with Crippen LogP contribution in [0.5, 0.6) is 0 Å². The van der Waals surface area contributed by atoms with Crippen molar-refractivity contribution in [3.63, 3.8) is 0 Å². The Morgan fingerprint density at radius 1 is 0.943 bits per heavy atom. The van der Waals surface area contributed by atoms with Gasteiger partial charge >= 0.3 is 0 Å². The number of halogens is 1. The predicted molar refractivity (Wildman–Crippen MR) is 135 cm³/mol. The van der Waals surface area contributed by atoms with E-state index in [1.54, 1.807) is 16.8 Å². The van der Waals surface area contributed by atoms with E-state index in [2.05, 4.69) is 5.32 Å². The molecule has 174 valence electrons. The smallest absolute Gasteiger partial charge is 0.293 e. The van der Waals surface area contributed by atoms with Crippen molar-refractivity contribution in [2.75, 3.05) is 5.32 Å². The molecule has 8 heteroatoms. The van der Waals surface area contributed by atoms with Crippen LogP contribution in [0.1, 0.15) is 11.1 Å². The van der Waals surface area contributed by atoms with E-state index in [1.165, 1.54) is 29.2 Å². The quantitative estimate of drug-likeness (QED) is 0.358. The third kappa shape index (κ3) is 4.88. The molecule has 1 aliphatic heterocycles. The molecule has 1 N–H and O–H groups in total. The molecule has 1 fully saturated rings. The highest BCUT2D eigenvalue weighted by Crippen LogP contribution is 2.35. The van der Waals surface area contributed by atoms with Crippen molar-refractivity contribution in [2.45, 2.75) is 13.1 Å². The second kappa shape index (κ2) is 9.60. The van der Waals surface area contributed by atoms with E-state index in [0.717, 1.165) is 33.8 Å². The van der Waals surface area contributed by atoms with Crippen LogP contribution >= 0.6 is 11.8 Å². The van der Waals surface area contributed by atoms with Gasteiger partial charge < -0.3 is 9.88 Å². The minimum Gasteiger partial charge on any atom is -0.337 e. The van der Waals surface area contributed by atoms with Crippen LogP contribution in [-0.4, -0.2) is 26.5 Å². The first kappa shape index (κ1) is 22.6. The first-order valence-electron chi connectivity index (χ1n) is 10.9. The molecule has 0 aliphatic carbocycles. The average Bonchev–Trinajstić information content (AvgIpc) is 3.33. The SMILES string of the molecule is O=C(Cn1cc(/C=C2\SC(=O)N(Cc3ccccc3)C2=O)c2ccccc21)Nc1ccc(F)cc1. The van der Waals surface area contributed by atoms with Crippen LogP contribution in [0.3, 0.4) is 0 Å². The summed E-state index contributed by atoms with van der Waals surface area (Å²) in [7, 11) is 0. The Morgan fingerprint density at radius 3 is 2.43 bits per heavy atom. The lowest BCUT2D eigenvalue weighted by Gasteiger charge is -2.12. The van der Waals surface area contributed by atoms with Gasteiger partial charge in [-0.2, -0.15) is 0 Å². The molecular formula is C27H20FN3O3S. The Bertz CT molecular complexity index is 1460. The first-order chi connectivity index (χ1) is 17.0. The van der Waals surface area contributed by atoms with Gasteiger partial charge in [-0.15, -0.1) is 0 Å². The number of amides is 3. The minimum absolute atomic E-state index is 0.0290. The average molecular weight is 486 g/mol. The molecule has 0 unspecified atom stereocenters. The lowest BCUT2D eigenvalue weighted by atomic mass is 10.1. The number of thioether (sulfide) groups is 1. The maximum Gasteiger partial charge on any atom is 0.293 e. The molecular weight excluding hydrogens is 465 g/mol. The lowest BCUT2D eigenvalue weighted by Crippen LogP contribution is -2.27. The Balaban J connectivity index is 1.39. The maximum absolute atomic E-state index is 13.1. The van der Waals surface area contributed by atoms with Gasteiger partial charge in [-0.1, -0.05) is 48.5 Å². The summed E-state index contributed by atoms with van der Waals surface area (Å²) in [6.07, 6.45) is 3.49. The zero-order chi connectivity index (χ0) is 24.4. The molecule has 35 heavy (non-hydrogen) atoms. The number of benzene rings is 3. The Kier molecular flexibility index (Phi) is 6.20. The van der Waals surface area contributed by atoms with Crippen molar-refractivity contribution in [3.8, 4) is 0 Å². The number of hydrogen-bond donors (Lipinski definition) is 1. The predicted octanol–water partition coefficient (Wildman–Crippen LogP) is 5.66. The largest absolute Gasteiger partial charge is 0.337 e. The molecule has 1 aliphatic rings. The number of fused-ring (bicyclic) bond motifs is 1. The molecule has 1 saturated heterocycles. The number of imide groups is 1. The lowest BCUT2D eigenvalue weighted by molar-refractivity contribution is -0.123. The normalized spacial score (nSPS) is 14.8. The van der Waals surface area contributed by atoms with E-state index < -0.39 is 0 Å². The van der Waals surface area contributed by atoms with E-state index >= 15 is 0 Å². The van der Waals surface area contributed by atoms with E-state index in [0.29, 0.717) is 10.6 Å². The molecule has 2 heterocycles. The summed E-state index contributed by atoms with van der Waals surface area (Å²) in [6, 6.07) is 22.5. The fourth-order valence-electron chi connectivity index (χ4n) is 3.95. The molecule has 0 saturated carbocycles. The molecule has 0 radical (unpaired) electrons. The Hall–Kier alpha value is -4.17. The summed E-state index contributed by atoms with van der Waals surface area (Å²) in [4.78, 5) is 39.7. The van der Waals surface area contributed by atoms with Crippen molar-refractivity contribution in [3.05, 3.63) is 107 Å². The van der Waals surface area contributed by atoms with Gasteiger partial charge in [-0.05, 0) is 53.7 Å². The molecule has 5 rings (SSSR count). The monoisotopic (exact) mass is 485 g/mol. The number of anilines is 1. The molecule has 3 aromatic carbocycles. The van der Waals surface area contributed by atoms with E-state index in [9.17, 15) is 18.8 Å². The van der Waals surface area contributed by atoms with Gasteiger partial charge in [0.05, 0.1) is 11.4 Å². The minimum atomic E-state index is -0.378. The summed E-state index contributed by atoms with van der Waals surface area (Å²) < 4.78 is 14.9.